The average molecular weight is 774 g/mol. The number of urea groups is 1. The number of hydrogen-bond donors (Lipinski definition) is 3. The largest absolute Gasteiger partial charge is 0.492 e. The predicted octanol–water partition coefficient (Wildman–Crippen LogP) is 8.58. The number of aromatic nitrogens is 1. The van der Waals surface area contributed by atoms with Crippen molar-refractivity contribution in [3.8, 4) is 17.2 Å². The molecule has 4 aromatic carbocycles. The van der Waals surface area contributed by atoms with Crippen molar-refractivity contribution in [2.45, 2.75) is 39.5 Å². The fourth-order valence-electron chi connectivity index (χ4n) is 6.04. The van der Waals surface area contributed by atoms with E-state index in [-0.39, 0.29) is 16.9 Å². The summed E-state index contributed by atoms with van der Waals surface area (Å²) in [5.41, 5.74) is 4.10. The number of methoxy groups -OCH3 is 1. The zero-order chi connectivity index (χ0) is 39.4. The van der Waals surface area contributed by atoms with Gasteiger partial charge in [0, 0.05) is 61.6 Å². The van der Waals surface area contributed by atoms with E-state index in [1.807, 2.05) is 95.2 Å². The van der Waals surface area contributed by atoms with Crippen molar-refractivity contribution >= 4 is 62.2 Å². The third-order valence-corrected chi connectivity index (χ3v) is 11.2. The Kier molecular flexibility index (Phi) is 12.0. The van der Waals surface area contributed by atoms with Crippen LogP contribution in [-0.2, 0) is 30.9 Å². The van der Waals surface area contributed by atoms with Crippen LogP contribution in [0, 0.1) is 0 Å². The van der Waals surface area contributed by atoms with Crippen molar-refractivity contribution in [2.24, 2.45) is 0 Å². The molecule has 5 rings (SSSR count). The number of pyridine rings is 1. The Bertz CT molecular complexity index is 2340. The summed E-state index contributed by atoms with van der Waals surface area (Å²) in [5, 5.41) is 7.97. The number of sulfonamides is 1. The van der Waals surface area contributed by atoms with Crippen molar-refractivity contribution in [3.63, 3.8) is 0 Å². The van der Waals surface area contributed by atoms with Crippen molar-refractivity contribution in [2.75, 3.05) is 61.0 Å². The van der Waals surface area contributed by atoms with Crippen molar-refractivity contribution in [1.82, 2.24) is 4.98 Å². The molecule has 1 atom stereocenters. The van der Waals surface area contributed by atoms with Crippen LogP contribution in [0.3, 0.4) is 0 Å². The SMILES string of the molecule is CCOP(C)(=O)c1ccc(Cc2cc(Oc3ccc(NC(=O)Nc4cc(C(C)(C)C)cc(NS(C)(=O)=O)c4OC)c4ccccc34)ccn2)cc1N(C)C. The molecular formula is C40H48N5O7PS. The van der Waals surface area contributed by atoms with Crippen LogP contribution in [0.4, 0.5) is 27.5 Å². The van der Waals surface area contributed by atoms with Crippen LogP contribution in [0.1, 0.15) is 44.5 Å². The first-order valence-corrected chi connectivity index (χ1v) is 21.3. The van der Waals surface area contributed by atoms with Gasteiger partial charge in [0.05, 0.1) is 42.3 Å². The molecular weight excluding hydrogens is 726 g/mol. The Hall–Kier alpha value is -5.10. The minimum absolute atomic E-state index is 0.178. The number of fused-ring (bicyclic) bond motifs is 1. The minimum atomic E-state index is -3.63. The topological polar surface area (TPSA) is 148 Å². The lowest BCUT2D eigenvalue weighted by Gasteiger charge is -2.24. The van der Waals surface area contributed by atoms with E-state index in [1.54, 1.807) is 43.2 Å². The van der Waals surface area contributed by atoms with Gasteiger partial charge in [-0.25, -0.2) is 13.2 Å². The van der Waals surface area contributed by atoms with Gasteiger partial charge in [0.1, 0.15) is 11.5 Å². The maximum atomic E-state index is 13.5. The summed E-state index contributed by atoms with van der Waals surface area (Å²) < 4.78 is 57.6. The van der Waals surface area contributed by atoms with E-state index < -0.39 is 23.4 Å². The van der Waals surface area contributed by atoms with E-state index >= 15 is 0 Å². The molecule has 12 nitrogen and oxygen atoms in total. The highest BCUT2D eigenvalue weighted by Crippen LogP contribution is 2.44. The third-order valence-electron chi connectivity index (χ3n) is 8.57. The molecule has 0 fully saturated rings. The fraction of sp³-hybridized carbons (Fsp3) is 0.300. The van der Waals surface area contributed by atoms with Gasteiger partial charge in [-0.1, -0.05) is 51.1 Å². The predicted molar refractivity (Wildman–Crippen MR) is 219 cm³/mol. The molecule has 2 amide bonds. The molecule has 0 aliphatic heterocycles. The monoisotopic (exact) mass is 773 g/mol. The number of carbonyl (C=O) groups is 1. The van der Waals surface area contributed by atoms with Gasteiger partial charge in [0.15, 0.2) is 5.75 Å². The van der Waals surface area contributed by atoms with Gasteiger partial charge < -0.3 is 29.5 Å². The van der Waals surface area contributed by atoms with Crippen LogP contribution in [0.25, 0.3) is 10.8 Å². The van der Waals surface area contributed by atoms with Crippen molar-refractivity contribution < 1.29 is 31.8 Å². The lowest BCUT2D eigenvalue weighted by Crippen LogP contribution is -2.22. The highest BCUT2D eigenvalue weighted by molar-refractivity contribution is 7.92. The van der Waals surface area contributed by atoms with Crippen LogP contribution in [-0.4, -0.2) is 60.2 Å². The van der Waals surface area contributed by atoms with Crippen LogP contribution in [0.2, 0.25) is 0 Å². The zero-order valence-electron chi connectivity index (χ0n) is 32.1. The van der Waals surface area contributed by atoms with Crippen LogP contribution < -0.4 is 35.0 Å². The molecule has 0 saturated carbocycles. The molecule has 54 heavy (non-hydrogen) atoms. The van der Waals surface area contributed by atoms with Gasteiger partial charge in [-0.3, -0.25) is 14.3 Å². The quantitative estimate of drug-likeness (QED) is 0.100. The molecule has 1 heterocycles. The zero-order valence-corrected chi connectivity index (χ0v) is 33.8. The summed E-state index contributed by atoms with van der Waals surface area (Å²) >= 11 is 0. The smallest absolute Gasteiger partial charge is 0.323 e. The van der Waals surface area contributed by atoms with Gasteiger partial charge in [0.25, 0.3) is 0 Å². The Morgan fingerprint density at radius 3 is 2.24 bits per heavy atom. The van der Waals surface area contributed by atoms with Crippen molar-refractivity contribution in [1.29, 1.82) is 0 Å². The van der Waals surface area contributed by atoms with Gasteiger partial charge in [-0.05, 0) is 65.9 Å². The standard InChI is InChI=1S/C40H48N5O7PS/c1-10-51-53(8,47)37-18-15-26(22-35(37)45(5)6)21-28-25-29(19-20-41-28)52-36-17-16-32(30-13-11-12-14-31(30)36)42-39(46)43-33-23-27(40(2,3)4)24-34(38(33)50-7)44-54(9,48)49/h11-20,22-25,44H,10,21H2,1-9H3,(H2,42,43,46). The van der Waals surface area contributed by atoms with E-state index in [9.17, 15) is 17.8 Å². The number of ether oxygens (including phenoxy) is 2. The van der Waals surface area contributed by atoms with Gasteiger partial charge >= 0.3 is 6.03 Å². The first kappa shape index (κ1) is 40.1. The van der Waals surface area contributed by atoms with E-state index in [1.165, 1.54) is 7.11 Å². The van der Waals surface area contributed by atoms with Gasteiger partial charge in [0.2, 0.25) is 17.4 Å². The van der Waals surface area contributed by atoms with E-state index in [4.69, 9.17) is 14.0 Å². The summed E-state index contributed by atoms with van der Waals surface area (Å²) in [4.78, 5) is 20.0. The molecule has 0 spiro atoms. The van der Waals surface area contributed by atoms with E-state index in [2.05, 4.69) is 20.3 Å². The maximum Gasteiger partial charge on any atom is 0.323 e. The lowest BCUT2D eigenvalue weighted by atomic mass is 9.86. The summed E-state index contributed by atoms with van der Waals surface area (Å²) in [6.45, 7) is 9.80. The Balaban J connectivity index is 1.38. The summed E-state index contributed by atoms with van der Waals surface area (Å²) in [5.74, 6) is 1.35. The van der Waals surface area contributed by atoms with Crippen LogP contribution >= 0.6 is 7.37 Å². The average Bonchev–Trinajstić information content (AvgIpc) is 3.08. The normalized spacial score (nSPS) is 12.8. The minimum Gasteiger partial charge on any atom is -0.492 e. The highest BCUT2D eigenvalue weighted by atomic mass is 32.2. The first-order chi connectivity index (χ1) is 25.4. The molecule has 3 N–H and O–H groups in total. The number of anilines is 4. The molecule has 1 unspecified atom stereocenters. The van der Waals surface area contributed by atoms with E-state index in [0.717, 1.165) is 39.5 Å². The Labute approximate surface area is 317 Å². The number of hydrogen-bond acceptors (Lipinski definition) is 9. The second-order valence-electron chi connectivity index (χ2n) is 14.2. The molecule has 5 aromatic rings. The van der Waals surface area contributed by atoms with Crippen LogP contribution in [0.5, 0.6) is 17.2 Å². The molecule has 286 valence electrons. The summed E-state index contributed by atoms with van der Waals surface area (Å²) in [6, 6.07) is 23.5. The van der Waals surface area contributed by atoms with Crippen LogP contribution in [0.15, 0.2) is 85.1 Å². The number of benzene rings is 4. The molecule has 0 bridgehead atoms. The van der Waals surface area contributed by atoms with Gasteiger partial charge in [-0.2, -0.15) is 0 Å². The number of nitrogens with one attached hydrogen (secondary N) is 3. The molecule has 0 radical (unpaired) electrons. The Morgan fingerprint density at radius 2 is 1.59 bits per heavy atom. The summed E-state index contributed by atoms with van der Waals surface area (Å²) in [7, 11) is -1.37. The second kappa shape index (κ2) is 16.1. The number of rotatable bonds is 13. The van der Waals surface area contributed by atoms with Gasteiger partial charge in [-0.15, -0.1) is 0 Å². The lowest BCUT2D eigenvalue weighted by molar-refractivity contribution is 0.262. The Morgan fingerprint density at radius 1 is 0.907 bits per heavy atom. The first-order valence-electron chi connectivity index (χ1n) is 17.3. The number of nitrogens with zero attached hydrogens (tertiary/aromatic N) is 2. The molecule has 1 aromatic heterocycles. The highest BCUT2D eigenvalue weighted by Gasteiger charge is 2.25. The molecule has 0 saturated heterocycles. The molecule has 0 aliphatic carbocycles. The fourth-order valence-corrected chi connectivity index (χ4v) is 8.25. The maximum absolute atomic E-state index is 13.5. The number of amides is 2. The third kappa shape index (κ3) is 9.71. The summed E-state index contributed by atoms with van der Waals surface area (Å²) in [6.07, 6.45) is 3.28. The molecule has 0 aliphatic rings. The second-order valence-corrected chi connectivity index (χ2v) is 18.4. The molecule has 14 heteroatoms. The number of carbonyl (C=O) groups excluding carboxylic acids is 1. The van der Waals surface area contributed by atoms with Crippen molar-refractivity contribution in [3.05, 3.63) is 102 Å². The van der Waals surface area contributed by atoms with E-state index in [0.29, 0.717) is 41.2 Å².